The third kappa shape index (κ3) is 4.94. The molecule has 9 nitrogen and oxygen atoms in total. The standard InChI is InChI=1S/C26H25N5O4/c1-31-21-13-18(11-12-26(34)15-35-16-26)7-8-19(21)9-10-20(25(31)33)27-24(32)23-28-22(29-30-23)14-17-5-3-2-4-6-17/h2-8,13,20,34H,9-10,14-16H2,1H3,(H,27,32)(H,28,29,30)/t20-/m0/s1. The smallest absolute Gasteiger partial charge is 0.291 e. The molecule has 0 bridgehead atoms. The number of ether oxygens (including phenoxy) is 1. The molecule has 0 unspecified atom stereocenters. The molecule has 2 aliphatic heterocycles. The van der Waals surface area contributed by atoms with E-state index in [2.05, 4.69) is 32.3 Å². The van der Waals surface area contributed by atoms with E-state index in [1.54, 1.807) is 11.9 Å². The Hall–Kier alpha value is -4.00. The van der Waals surface area contributed by atoms with Gasteiger partial charge in [-0.3, -0.25) is 14.7 Å². The first-order valence-electron chi connectivity index (χ1n) is 11.4. The number of aromatic nitrogens is 3. The summed E-state index contributed by atoms with van der Waals surface area (Å²) in [4.78, 5) is 31.8. The second-order valence-electron chi connectivity index (χ2n) is 8.85. The van der Waals surface area contributed by atoms with E-state index in [4.69, 9.17) is 4.74 Å². The number of carbonyl (C=O) groups is 2. The predicted molar refractivity (Wildman–Crippen MR) is 128 cm³/mol. The Kier molecular flexibility index (Phi) is 6.07. The molecule has 3 aromatic rings. The maximum atomic E-state index is 13.2. The number of rotatable bonds is 4. The van der Waals surface area contributed by atoms with E-state index in [-0.39, 0.29) is 24.9 Å². The normalized spacial score (nSPS) is 18.5. The van der Waals surface area contributed by atoms with E-state index < -0.39 is 17.6 Å². The van der Waals surface area contributed by atoms with E-state index in [9.17, 15) is 14.7 Å². The summed E-state index contributed by atoms with van der Waals surface area (Å²) in [6.07, 6.45) is 1.58. The molecule has 3 heterocycles. The summed E-state index contributed by atoms with van der Waals surface area (Å²) in [6, 6.07) is 14.7. The first-order chi connectivity index (χ1) is 16.9. The molecule has 0 aliphatic carbocycles. The molecule has 1 saturated heterocycles. The van der Waals surface area contributed by atoms with Crippen LogP contribution in [0.3, 0.4) is 0 Å². The number of nitrogens with zero attached hydrogens (tertiary/aromatic N) is 3. The van der Waals surface area contributed by atoms with Gasteiger partial charge in [0.1, 0.15) is 11.9 Å². The van der Waals surface area contributed by atoms with Crippen LogP contribution in [0.5, 0.6) is 0 Å². The minimum absolute atomic E-state index is 0.00334. The second-order valence-corrected chi connectivity index (χ2v) is 8.85. The fourth-order valence-electron chi connectivity index (χ4n) is 4.12. The van der Waals surface area contributed by atoms with Crippen LogP contribution in [-0.2, 0) is 22.4 Å². The lowest BCUT2D eigenvalue weighted by Crippen LogP contribution is -2.48. The quantitative estimate of drug-likeness (QED) is 0.492. The predicted octanol–water partition coefficient (Wildman–Crippen LogP) is 1.22. The Bertz CT molecular complexity index is 1320. The Morgan fingerprint density at radius 3 is 2.83 bits per heavy atom. The van der Waals surface area contributed by atoms with Crippen molar-refractivity contribution < 1.29 is 19.4 Å². The summed E-state index contributed by atoms with van der Waals surface area (Å²) in [7, 11) is 1.68. The number of aryl methyl sites for hydroxylation is 1. The largest absolute Gasteiger partial charge is 0.373 e. The molecular formula is C26H25N5O4. The van der Waals surface area contributed by atoms with E-state index in [1.165, 1.54) is 0 Å². The summed E-state index contributed by atoms with van der Waals surface area (Å²) in [5.41, 5.74) is 2.35. The van der Waals surface area contributed by atoms with Crippen LogP contribution in [0.2, 0.25) is 0 Å². The van der Waals surface area contributed by atoms with Crippen molar-refractivity contribution in [2.45, 2.75) is 30.9 Å². The monoisotopic (exact) mass is 471 g/mol. The minimum atomic E-state index is -1.11. The third-order valence-electron chi connectivity index (χ3n) is 6.15. The van der Waals surface area contributed by atoms with Crippen molar-refractivity contribution >= 4 is 17.5 Å². The zero-order chi connectivity index (χ0) is 24.4. The highest BCUT2D eigenvalue weighted by atomic mass is 16.5. The van der Waals surface area contributed by atoms with Gasteiger partial charge in [-0.1, -0.05) is 48.2 Å². The zero-order valence-electron chi connectivity index (χ0n) is 19.2. The summed E-state index contributed by atoms with van der Waals surface area (Å²) in [6.45, 7) is 0.395. The molecule has 2 aliphatic rings. The van der Waals surface area contributed by atoms with Gasteiger partial charge in [0, 0.05) is 24.7 Å². The number of carbonyl (C=O) groups excluding carboxylic acids is 2. The minimum Gasteiger partial charge on any atom is -0.373 e. The van der Waals surface area contributed by atoms with Crippen molar-refractivity contribution in [1.82, 2.24) is 20.5 Å². The van der Waals surface area contributed by atoms with Gasteiger partial charge in [0.15, 0.2) is 5.60 Å². The zero-order valence-corrected chi connectivity index (χ0v) is 19.2. The summed E-state index contributed by atoms with van der Waals surface area (Å²) in [5.74, 6) is 5.65. The molecule has 1 fully saturated rings. The van der Waals surface area contributed by atoms with Crippen LogP contribution < -0.4 is 10.2 Å². The van der Waals surface area contributed by atoms with E-state index >= 15 is 0 Å². The van der Waals surface area contributed by atoms with Crippen molar-refractivity contribution in [2.24, 2.45) is 0 Å². The van der Waals surface area contributed by atoms with Gasteiger partial charge in [0.2, 0.25) is 11.7 Å². The van der Waals surface area contributed by atoms with Crippen molar-refractivity contribution in [2.75, 3.05) is 25.2 Å². The van der Waals surface area contributed by atoms with E-state index in [0.29, 0.717) is 30.7 Å². The Labute approximate surface area is 202 Å². The van der Waals surface area contributed by atoms with Crippen LogP contribution in [0.25, 0.3) is 0 Å². The van der Waals surface area contributed by atoms with Gasteiger partial charge in [0.25, 0.3) is 5.91 Å². The van der Waals surface area contributed by atoms with Crippen LogP contribution in [0.1, 0.15) is 39.6 Å². The molecule has 178 valence electrons. The van der Waals surface area contributed by atoms with Crippen molar-refractivity contribution in [3.05, 3.63) is 76.9 Å². The summed E-state index contributed by atoms with van der Waals surface area (Å²) >= 11 is 0. The Morgan fingerprint density at radius 2 is 2.09 bits per heavy atom. The molecule has 3 N–H and O–H groups in total. The number of fused-ring (bicyclic) bond motifs is 1. The number of hydrogen-bond acceptors (Lipinski definition) is 6. The number of likely N-dealkylation sites (N-methyl/N-ethyl adjacent to an activating group) is 1. The fraction of sp³-hybridized carbons (Fsp3) is 0.308. The number of hydrogen-bond donors (Lipinski definition) is 3. The van der Waals surface area contributed by atoms with Crippen LogP contribution in [0.15, 0.2) is 48.5 Å². The van der Waals surface area contributed by atoms with Gasteiger partial charge in [0.05, 0.1) is 13.2 Å². The van der Waals surface area contributed by atoms with Crippen LogP contribution >= 0.6 is 0 Å². The molecule has 0 radical (unpaired) electrons. The summed E-state index contributed by atoms with van der Waals surface area (Å²) < 4.78 is 5.02. The molecule has 2 aromatic carbocycles. The molecule has 9 heteroatoms. The van der Waals surface area contributed by atoms with Crippen LogP contribution in [0, 0.1) is 11.8 Å². The average Bonchev–Trinajstić information content (AvgIpc) is 3.28. The van der Waals surface area contributed by atoms with E-state index in [1.807, 2.05) is 48.5 Å². The SMILES string of the molecule is CN1C(=O)[C@@H](NC(=O)c2n[nH]c(Cc3ccccc3)n2)CCc2ccc(C#CC3(O)COC3)cc21. The van der Waals surface area contributed by atoms with Gasteiger partial charge in [-0.05, 0) is 36.1 Å². The maximum absolute atomic E-state index is 13.2. The molecule has 0 saturated carbocycles. The van der Waals surface area contributed by atoms with Crippen molar-refractivity contribution in [3.63, 3.8) is 0 Å². The Morgan fingerprint density at radius 1 is 1.29 bits per heavy atom. The van der Waals surface area contributed by atoms with Gasteiger partial charge >= 0.3 is 0 Å². The highest BCUT2D eigenvalue weighted by Crippen LogP contribution is 2.27. The third-order valence-corrected chi connectivity index (χ3v) is 6.15. The molecule has 0 spiro atoms. The number of anilines is 1. The second kappa shape index (κ2) is 9.33. The fourth-order valence-corrected chi connectivity index (χ4v) is 4.12. The Balaban J connectivity index is 1.27. The lowest BCUT2D eigenvalue weighted by atomic mass is 10.0. The van der Waals surface area contributed by atoms with Gasteiger partial charge in [-0.2, -0.15) is 0 Å². The number of benzene rings is 2. The molecule has 1 aromatic heterocycles. The topological polar surface area (TPSA) is 120 Å². The highest BCUT2D eigenvalue weighted by Gasteiger charge is 2.34. The van der Waals surface area contributed by atoms with Gasteiger partial charge in [-0.15, -0.1) is 5.10 Å². The van der Waals surface area contributed by atoms with Gasteiger partial charge < -0.3 is 20.1 Å². The number of H-pyrrole nitrogens is 1. The van der Waals surface area contributed by atoms with Crippen molar-refractivity contribution in [1.29, 1.82) is 0 Å². The lowest BCUT2D eigenvalue weighted by molar-refractivity contribution is -0.140. The van der Waals surface area contributed by atoms with Crippen molar-refractivity contribution in [3.8, 4) is 11.8 Å². The first kappa shape index (κ1) is 22.8. The highest BCUT2D eigenvalue weighted by molar-refractivity contribution is 6.02. The summed E-state index contributed by atoms with van der Waals surface area (Å²) in [5, 5.41) is 19.7. The number of aliphatic hydroxyl groups is 1. The first-order valence-corrected chi connectivity index (χ1v) is 11.4. The molecule has 2 amide bonds. The maximum Gasteiger partial charge on any atom is 0.291 e. The van der Waals surface area contributed by atoms with Crippen LogP contribution in [0.4, 0.5) is 5.69 Å². The lowest BCUT2D eigenvalue weighted by Gasteiger charge is -2.30. The number of aromatic amines is 1. The molecule has 1 atom stereocenters. The van der Waals surface area contributed by atoms with Crippen LogP contribution in [-0.4, -0.2) is 64.0 Å². The molecule has 35 heavy (non-hydrogen) atoms. The number of amides is 2. The molecular weight excluding hydrogens is 446 g/mol. The number of nitrogens with one attached hydrogen (secondary N) is 2. The van der Waals surface area contributed by atoms with E-state index in [0.717, 1.165) is 16.8 Å². The average molecular weight is 472 g/mol. The molecule has 5 rings (SSSR count). The van der Waals surface area contributed by atoms with Gasteiger partial charge in [-0.25, -0.2) is 4.98 Å².